The van der Waals surface area contributed by atoms with Gasteiger partial charge in [-0.3, -0.25) is 0 Å². The van der Waals surface area contributed by atoms with Gasteiger partial charge in [0, 0.05) is 0 Å². The molecule has 2 rings (SSSR count). The molecule has 2 N–H and O–H groups in total. The highest BCUT2D eigenvalue weighted by molar-refractivity contribution is 7.89. The van der Waals surface area contributed by atoms with E-state index in [9.17, 15) is 17.6 Å². The number of esters is 1. The van der Waals surface area contributed by atoms with E-state index in [1.807, 2.05) is 0 Å². The lowest BCUT2D eigenvalue weighted by atomic mass is 10.2. The molecule has 0 aliphatic heterocycles. The summed E-state index contributed by atoms with van der Waals surface area (Å²) < 4.78 is 40.8. The standard InChI is InChI=1S/C12H13ClFNO4S/c13-9-6-10(14)11(20(15,17)18)5-8(9)12(16)19-4-3-7-1-2-7/h5-7H,1-4H2,(H2,15,17,18). The van der Waals surface area contributed by atoms with Gasteiger partial charge in [-0.15, -0.1) is 0 Å². The van der Waals surface area contributed by atoms with Crippen molar-refractivity contribution in [2.45, 2.75) is 24.2 Å². The lowest BCUT2D eigenvalue weighted by Gasteiger charge is -2.08. The van der Waals surface area contributed by atoms with Crippen molar-refractivity contribution in [2.24, 2.45) is 11.1 Å². The normalized spacial score (nSPS) is 15.2. The Morgan fingerprint density at radius 1 is 1.45 bits per heavy atom. The molecule has 8 heteroatoms. The van der Waals surface area contributed by atoms with Gasteiger partial charge in [-0.1, -0.05) is 24.4 Å². The van der Waals surface area contributed by atoms with E-state index in [1.54, 1.807) is 0 Å². The van der Waals surface area contributed by atoms with E-state index in [0.29, 0.717) is 5.92 Å². The Balaban J connectivity index is 2.19. The molecule has 1 fully saturated rings. The fourth-order valence-corrected chi connectivity index (χ4v) is 2.55. The molecule has 5 nitrogen and oxygen atoms in total. The molecule has 0 unspecified atom stereocenters. The summed E-state index contributed by atoms with van der Waals surface area (Å²) in [7, 11) is -4.27. The third-order valence-corrected chi connectivity index (χ3v) is 4.24. The summed E-state index contributed by atoms with van der Waals surface area (Å²) in [5.74, 6) is -1.31. The van der Waals surface area contributed by atoms with Crippen LogP contribution < -0.4 is 5.14 Å². The number of carbonyl (C=O) groups excluding carboxylic acids is 1. The van der Waals surface area contributed by atoms with E-state index in [2.05, 4.69) is 0 Å². The topological polar surface area (TPSA) is 86.5 Å². The Morgan fingerprint density at radius 3 is 2.65 bits per heavy atom. The minimum atomic E-state index is -4.27. The van der Waals surface area contributed by atoms with Gasteiger partial charge >= 0.3 is 5.97 Å². The third-order valence-electron chi connectivity index (χ3n) is 3.00. The van der Waals surface area contributed by atoms with Crippen LogP contribution in [0, 0.1) is 11.7 Å². The zero-order valence-electron chi connectivity index (χ0n) is 10.4. The number of nitrogens with two attached hydrogens (primary N) is 1. The number of ether oxygens (including phenoxy) is 1. The van der Waals surface area contributed by atoms with Crippen molar-refractivity contribution in [2.75, 3.05) is 6.61 Å². The predicted molar refractivity (Wildman–Crippen MR) is 70.4 cm³/mol. The molecular formula is C12H13ClFNO4S. The first-order chi connectivity index (χ1) is 9.29. The van der Waals surface area contributed by atoms with Crippen LogP contribution in [-0.4, -0.2) is 21.0 Å². The van der Waals surface area contributed by atoms with Gasteiger partial charge in [0.15, 0.2) is 0 Å². The maximum Gasteiger partial charge on any atom is 0.339 e. The van der Waals surface area contributed by atoms with Gasteiger partial charge < -0.3 is 4.74 Å². The molecule has 1 aliphatic carbocycles. The van der Waals surface area contributed by atoms with Crippen LogP contribution >= 0.6 is 11.6 Å². The van der Waals surface area contributed by atoms with Crippen molar-refractivity contribution in [1.29, 1.82) is 0 Å². The Morgan fingerprint density at radius 2 is 2.10 bits per heavy atom. The highest BCUT2D eigenvalue weighted by atomic mass is 35.5. The van der Waals surface area contributed by atoms with Crippen molar-refractivity contribution in [1.82, 2.24) is 0 Å². The lowest BCUT2D eigenvalue weighted by Crippen LogP contribution is -2.16. The molecular weight excluding hydrogens is 309 g/mol. The fraction of sp³-hybridized carbons (Fsp3) is 0.417. The van der Waals surface area contributed by atoms with Crippen LogP contribution in [0.15, 0.2) is 17.0 Å². The van der Waals surface area contributed by atoms with E-state index in [4.69, 9.17) is 21.5 Å². The maximum atomic E-state index is 13.5. The van der Waals surface area contributed by atoms with Crippen molar-refractivity contribution in [3.05, 3.63) is 28.5 Å². The number of carbonyl (C=O) groups is 1. The van der Waals surface area contributed by atoms with Gasteiger partial charge in [0.05, 0.1) is 17.2 Å². The summed E-state index contributed by atoms with van der Waals surface area (Å²) in [5, 5.41) is 4.65. The summed E-state index contributed by atoms with van der Waals surface area (Å²) in [4.78, 5) is 11.0. The predicted octanol–water partition coefficient (Wildman–Crippen LogP) is 2.08. The fourth-order valence-electron chi connectivity index (χ4n) is 1.71. The van der Waals surface area contributed by atoms with Gasteiger partial charge in [-0.2, -0.15) is 0 Å². The van der Waals surface area contributed by atoms with E-state index in [0.717, 1.165) is 31.4 Å². The monoisotopic (exact) mass is 321 g/mol. The molecule has 110 valence electrons. The van der Waals surface area contributed by atoms with Crippen LogP contribution in [0.1, 0.15) is 29.6 Å². The molecule has 1 aliphatic rings. The molecule has 1 saturated carbocycles. The number of hydrogen-bond acceptors (Lipinski definition) is 4. The number of halogens is 2. The number of primary sulfonamides is 1. The largest absolute Gasteiger partial charge is 0.462 e. The zero-order chi connectivity index (χ0) is 14.9. The highest BCUT2D eigenvalue weighted by Gasteiger charge is 2.24. The van der Waals surface area contributed by atoms with Crippen LogP contribution in [0.3, 0.4) is 0 Å². The molecule has 0 atom stereocenters. The minimum Gasteiger partial charge on any atom is -0.462 e. The van der Waals surface area contributed by atoms with Crippen molar-refractivity contribution >= 4 is 27.6 Å². The Bertz CT molecular complexity index is 643. The van der Waals surface area contributed by atoms with Gasteiger partial charge in [-0.25, -0.2) is 22.7 Å². The average Bonchev–Trinajstić information content (AvgIpc) is 3.11. The Hall–Kier alpha value is -1.18. The quantitative estimate of drug-likeness (QED) is 0.841. The third kappa shape index (κ3) is 3.68. The summed E-state index contributed by atoms with van der Waals surface area (Å²) in [6.07, 6.45) is 3.02. The van der Waals surface area contributed by atoms with Crippen LogP contribution in [0.5, 0.6) is 0 Å². The number of benzene rings is 1. The number of hydrogen-bond donors (Lipinski definition) is 1. The SMILES string of the molecule is NS(=O)(=O)c1cc(C(=O)OCCC2CC2)c(Cl)cc1F. The Labute approximate surface area is 120 Å². The molecule has 1 aromatic rings. The van der Waals surface area contributed by atoms with Gasteiger partial charge in [0.1, 0.15) is 10.7 Å². The van der Waals surface area contributed by atoms with Crippen molar-refractivity contribution in [3.8, 4) is 0 Å². The van der Waals surface area contributed by atoms with E-state index in [-0.39, 0.29) is 17.2 Å². The average molecular weight is 322 g/mol. The molecule has 0 spiro atoms. The molecule has 0 radical (unpaired) electrons. The molecule has 0 aromatic heterocycles. The second kappa shape index (κ2) is 5.67. The van der Waals surface area contributed by atoms with Crippen molar-refractivity contribution in [3.63, 3.8) is 0 Å². The highest BCUT2D eigenvalue weighted by Crippen LogP contribution is 2.32. The van der Waals surface area contributed by atoms with E-state index < -0.39 is 26.7 Å². The molecule has 0 amide bonds. The molecule has 0 saturated heterocycles. The van der Waals surface area contributed by atoms with Crippen molar-refractivity contribution < 1.29 is 22.3 Å². The smallest absolute Gasteiger partial charge is 0.339 e. The maximum absolute atomic E-state index is 13.5. The first-order valence-electron chi connectivity index (χ1n) is 5.98. The summed E-state index contributed by atoms with van der Waals surface area (Å²) in [6.45, 7) is 0.224. The van der Waals surface area contributed by atoms with Gasteiger partial charge in [0.25, 0.3) is 0 Å². The second-order valence-corrected chi connectivity index (χ2v) is 6.61. The molecule has 0 heterocycles. The van der Waals surface area contributed by atoms with Crippen LogP contribution in [0.2, 0.25) is 5.02 Å². The first-order valence-corrected chi connectivity index (χ1v) is 7.90. The first kappa shape index (κ1) is 15.2. The molecule has 1 aromatic carbocycles. The van der Waals surface area contributed by atoms with Gasteiger partial charge in [0.2, 0.25) is 10.0 Å². The molecule has 20 heavy (non-hydrogen) atoms. The Kier molecular flexibility index (Phi) is 4.31. The molecule has 0 bridgehead atoms. The van der Waals surface area contributed by atoms with E-state index >= 15 is 0 Å². The summed E-state index contributed by atoms with van der Waals surface area (Å²) in [5.41, 5.74) is -0.215. The van der Waals surface area contributed by atoms with Gasteiger partial charge in [-0.05, 0) is 24.5 Å². The lowest BCUT2D eigenvalue weighted by molar-refractivity contribution is 0.0494. The summed E-state index contributed by atoms with van der Waals surface area (Å²) in [6, 6.07) is 1.53. The number of sulfonamides is 1. The zero-order valence-corrected chi connectivity index (χ0v) is 12.0. The van der Waals surface area contributed by atoms with Crippen LogP contribution in [0.25, 0.3) is 0 Å². The van der Waals surface area contributed by atoms with E-state index in [1.165, 1.54) is 0 Å². The van der Waals surface area contributed by atoms with Crippen LogP contribution in [0.4, 0.5) is 4.39 Å². The van der Waals surface area contributed by atoms with Crippen LogP contribution in [-0.2, 0) is 14.8 Å². The summed E-state index contributed by atoms with van der Waals surface area (Å²) >= 11 is 5.72. The second-order valence-electron chi connectivity index (χ2n) is 4.68. The number of rotatable bonds is 5. The minimum absolute atomic E-state index is 0.215.